The first kappa shape index (κ1) is 9.44. The van der Waals surface area contributed by atoms with Gasteiger partial charge in [0.15, 0.2) is 0 Å². The van der Waals surface area contributed by atoms with Crippen molar-refractivity contribution in [3.8, 4) is 0 Å². The first-order valence-corrected chi connectivity index (χ1v) is 6.20. The van der Waals surface area contributed by atoms with Crippen LogP contribution in [-0.2, 0) is 4.79 Å². The van der Waals surface area contributed by atoms with E-state index in [1.807, 2.05) is 0 Å². The van der Waals surface area contributed by atoms with Crippen LogP contribution in [0, 0.1) is 29.6 Å². The van der Waals surface area contributed by atoms with Crippen molar-refractivity contribution in [3.63, 3.8) is 0 Å². The molecule has 0 heterocycles. The van der Waals surface area contributed by atoms with Crippen molar-refractivity contribution in [3.05, 3.63) is 12.2 Å². The third-order valence-electron chi connectivity index (χ3n) is 4.82. The fraction of sp³-hybridized carbons (Fsp3) is 0.769. The lowest BCUT2D eigenvalue weighted by atomic mass is 9.54. The van der Waals surface area contributed by atoms with Gasteiger partial charge in [0, 0.05) is 6.42 Å². The van der Waals surface area contributed by atoms with Crippen LogP contribution in [0.15, 0.2) is 12.2 Å². The standard InChI is InChI=1S/C13H19NO/c14-13(15)7-12-10-4-3-9-2-1-8(5-10)6-11(9)12/h1-2,8-12H,3-7H2,(H2,14,15). The fourth-order valence-corrected chi connectivity index (χ4v) is 4.22. The highest BCUT2D eigenvalue weighted by Gasteiger charge is 2.45. The second-order valence-electron chi connectivity index (χ2n) is 5.62. The molecule has 0 aromatic rings. The summed E-state index contributed by atoms with van der Waals surface area (Å²) in [5.74, 6) is 3.60. The number of hydrogen-bond acceptors (Lipinski definition) is 1. The van der Waals surface area contributed by atoms with Crippen molar-refractivity contribution < 1.29 is 4.79 Å². The summed E-state index contributed by atoms with van der Waals surface area (Å²) in [5, 5.41) is 0. The highest BCUT2D eigenvalue weighted by atomic mass is 16.1. The molecule has 0 spiro atoms. The summed E-state index contributed by atoms with van der Waals surface area (Å²) < 4.78 is 0. The van der Waals surface area contributed by atoms with Gasteiger partial charge in [0.05, 0.1) is 0 Å². The Balaban J connectivity index is 1.86. The minimum Gasteiger partial charge on any atom is -0.370 e. The van der Waals surface area contributed by atoms with Gasteiger partial charge in [-0.3, -0.25) is 4.79 Å². The molecule has 5 unspecified atom stereocenters. The maximum Gasteiger partial charge on any atom is 0.217 e. The third kappa shape index (κ3) is 1.51. The van der Waals surface area contributed by atoms with Crippen molar-refractivity contribution in [2.75, 3.05) is 0 Å². The number of nitrogens with two attached hydrogens (primary N) is 1. The van der Waals surface area contributed by atoms with Gasteiger partial charge in [0.2, 0.25) is 5.91 Å². The summed E-state index contributed by atoms with van der Waals surface area (Å²) in [5.41, 5.74) is 5.37. The Bertz CT molecular complexity index is 310. The van der Waals surface area contributed by atoms with E-state index in [1.165, 1.54) is 25.7 Å². The van der Waals surface area contributed by atoms with Crippen LogP contribution in [-0.4, -0.2) is 5.91 Å². The number of amides is 1. The number of carbonyl (C=O) groups is 1. The summed E-state index contributed by atoms with van der Waals surface area (Å²) in [6.45, 7) is 0. The van der Waals surface area contributed by atoms with Gasteiger partial charge in [-0.05, 0) is 55.3 Å². The number of fused-ring (bicyclic) bond motifs is 2. The van der Waals surface area contributed by atoms with E-state index >= 15 is 0 Å². The Morgan fingerprint density at radius 1 is 1.27 bits per heavy atom. The zero-order valence-electron chi connectivity index (χ0n) is 9.06. The van der Waals surface area contributed by atoms with Crippen LogP contribution in [0.1, 0.15) is 32.1 Å². The van der Waals surface area contributed by atoms with Gasteiger partial charge in [0.1, 0.15) is 0 Å². The summed E-state index contributed by atoms with van der Waals surface area (Å²) in [7, 11) is 0. The van der Waals surface area contributed by atoms with Gasteiger partial charge in [-0.15, -0.1) is 0 Å². The maximum absolute atomic E-state index is 11.1. The van der Waals surface area contributed by atoms with E-state index in [-0.39, 0.29) is 5.91 Å². The van der Waals surface area contributed by atoms with Gasteiger partial charge < -0.3 is 5.73 Å². The number of primary amides is 1. The molecule has 2 nitrogen and oxygen atoms in total. The van der Waals surface area contributed by atoms with Gasteiger partial charge >= 0.3 is 0 Å². The van der Waals surface area contributed by atoms with Crippen LogP contribution in [0.5, 0.6) is 0 Å². The van der Waals surface area contributed by atoms with Crippen molar-refractivity contribution >= 4 is 5.91 Å². The molecular weight excluding hydrogens is 186 g/mol. The second kappa shape index (κ2) is 3.36. The lowest BCUT2D eigenvalue weighted by molar-refractivity contribution is -0.121. The molecule has 0 saturated heterocycles. The molecular formula is C13H19NO. The smallest absolute Gasteiger partial charge is 0.217 e. The number of hydrogen-bond donors (Lipinski definition) is 1. The Hall–Kier alpha value is -0.790. The van der Waals surface area contributed by atoms with Crippen LogP contribution in [0.4, 0.5) is 0 Å². The molecule has 3 aliphatic carbocycles. The predicted octanol–water partition coefficient (Wildman–Crippen LogP) is 2.10. The zero-order valence-corrected chi connectivity index (χ0v) is 9.06. The summed E-state index contributed by atoms with van der Waals surface area (Å²) in [6.07, 6.45) is 10.8. The molecule has 5 atom stereocenters. The average molecular weight is 205 g/mol. The predicted molar refractivity (Wildman–Crippen MR) is 58.9 cm³/mol. The molecule has 3 rings (SSSR count). The van der Waals surface area contributed by atoms with Crippen LogP contribution < -0.4 is 5.73 Å². The molecule has 15 heavy (non-hydrogen) atoms. The Labute approximate surface area is 90.9 Å². The minimum absolute atomic E-state index is 0.0985. The molecule has 2 saturated carbocycles. The lowest BCUT2D eigenvalue weighted by Gasteiger charge is -2.50. The third-order valence-corrected chi connectivity index (χ3v) is 4.82. The average Bonchev–Trinajstić information content (AvgIpc) is 2.15. The fourth-order valence-electron chi connectivity index (χ4n) is 4.22. The van der Waals surface area contributed by atoms with E-state index in [0.29, 0.717) is 12.3 Å². The quantitative estimate of drug-likeness (QED) is 0.689. The van der Waals surface area contributed by atoms with E-state index in [1.54, 1.807) is 0 Å². The Morgan fingerprint density at radius 2 is 2.13 bits per heavy atom. The molecule has 2 fully saturated rings. The Morgan fingerprint density at radius 3 is 2.93 bits per heavy atom. The molecule has 1 amide bonds. The molecule has 3 bridgehead atoms. The normalized spacial score (nSPS) is 46.8. The lowest BCUT2D eigenvalue weighted by Crippen LogP contribution is -2.43. The zero-order chi connectivity index (χ0) is 10.4. The van der Waals surface area contributed by atoms with Crippen molar-refractivity contribution in [2.24, 2.45) is 35.3 Å². The molecule has 0 aliphatic heterocycles. The SMILES string of the molecule is NC(=O)CC1C2CCC3C=CC(C2)CC31. The van der Waals surface area contributed by atoms with Gasteiger partial charge in [-0.25, -0.2) is 0 Å². The van der Waals surface area contributed by atoms with E-state index in [0.717, 1.165) is 23.7 Å². The molecule has 2 N–H and O–H groups in total. The molecule has 3 aliphatic rings. The number of carbonyl (C=O) groups excluding carboxylic acids is 1. The van der Waals surface area contributed by atoms with Gasteiger partial charge in [-0.1, -0.05) is 12.2 Å². The summed E-state index contributed by atoms with van der Waals surface area (Å²) >= 11 is 0. The molecule has 0 radical (unpaired) electrons. The van der Waals surface area contributed by atoms with Crippen molar-refractivity contribution in [1.82, 2.24) is 0 Å². The minimum atomic E-state index is -0.0985. The van der Waals surface area contributed by atoms with E-state index in [9.17, 15) is 4.79 Å². The molecule has 2 heteroatoms. The van der Waals surface area contributed by atoms with Gasteiger partial charge in [0.25, 0.3) is 0 Å². The van der Waals surface area contributed by atoms with Crippen LogP contribution >= 0.6 is 0 Å². The summed E-state index contributed by atoms with van der Waals surface area (Å²) in [6, 6.07) is 0. The molecule has 82 valence electrons. The van der Waals surface area contributed by atoms with Crippen LogP contribution in [0.3, 0.4) is 0 Å². The summed E-state index contributed by atoms with van der Waals surface area (Å²) in [4.78, 5) is 11.1. The topological polar surface area (TPSA) is 43.1 Å². The first-order chi connectivity index (χ1) is 7.24. The van der Waals surface area contributed by atoms with Crippen LogP contribution in [0.2, 0.25) is 0 Å². The monoisotopic (exact) mass is 205 g/mol. The van der Waals surface area contributed by atoms with E-state index in [4.69, 9.17) is 5.73 Å². The maximum atomic E-state index is 11.1. The number of rotatable bonds is 2. The second-order valence-corrected chi connectivity index (χ2v) is 5.62. The van der Waals surface area contributed by atoms with Crippen molar-refractivity contribution in [1.29, 1.82) is 0 Å². The Kier molecular flexibility index (Phi) is 2.11. The molecule has 0 aromatic heterocycles. The van der Waals surface area contributed by atoms with E-state index < -0.39 is 0 Å². The van der Waals surface area contributed by atoms with Gasteiger partial charge in [-0.2, -0.15) is 0 Å². The number of allylic oxidation sites excluding steroid dienone is 2. The highest BCUT2D eigenvalue weighted by Crippen LogP contribution is 2.53. The molecule has 0 aromatic carbocycles. The first-order valence-electron chi connectivity index (χ1n) is 6.20. The van der Waals surface area contributed by atoms with Crippen LogP contribution in [0.25, 0.3) is 0 Å². The largest absolute Gasteiger partial charge is 0.370 e. The van der Waals surface area contributed by atoms with E-state index in [2.05, 4.69) is 12.2 Å². The van der Waals surface area contributed by atoms with Crippen molar-refractivity contribution in [2.45, 2.75) is 32.1 Å². The highest BCUT2D eigenvalue weighted by molar-refractivity contribution is 5.74.